The largest absolute Gasteiger partial charge is 0.465 e. The lowest BCUT2D eigenvalue weighted by Gasteiger charge is -2.29. The lowest BCUT2D eigenvalue weighted by Crippen LogP contribution is -2.51. The fourth-order valence-corrected chi connectivity index (χ4v) is 4.25. The van der Waals surface area contributed by atoms with E-state index in [1.165, 1.54) is 0 Å². The van der Waals surface area contributed by atoms with Gasteiger partial charge in [-0.2, -0.15) is 0 Å². The minimum atomic E-state index is -3.11. The van der Waals surface area contributed by atoms with Crippen molar-refractivity contribution in [2.24, 2.45) is 5.92 Å². The Balaban J connectivity index is 1.67. The molecule has 0 spiro atoms. The molecule has 2 amide bonds. The molecule has 0 radical (unpaired) electrons. The summed E-state index contributed by atoms with van der Waals surface area (Å²) in [6.45, 7) is 2.51. The Morgan fingerprint density at radius 1 is 1.21 bits per heavy atom. The number of alkyl halides is 2. The van der Waals surface area contributed by atoms with Gasteiger partial charge in [0.2, 0.25) is 5.91 Å². The van der Waals surface area contributed by atoms with Crippen molar-refractivity contribution in [3.05, 3.63) is 53.3 Å². The summed E-state index contributed by atoms with van der Waals surface area (Å²) in [4.78, 5) is 32.8. The number of nitrogens with one attached hydrogen (secondary N) is 2. The van der Waals surface area contributed by atoms with E-state index in [2.05, 4.69) is 15.3 Å². The van der Waals surface area contributed by atoms with E-state index >= 15 is 0 Å². The molecule has 1 aliphatic heterocycles. The zero-order valence-corrected chi connectivity index (χ0v) is 18.7. The van der Waals surface area contributed by atoms with Crippen LogP contribution in [0.15, 0.2) is 42.5 Å². The number of hydrogen-bond donors (Lipinski definition) is 3. The molecule has 0 unspecified atom stereocenters. The van der Waals surface area contributed by atoms with Gasteiger partial charge >= 0.3 is 6.09 Å². The van der Waals surface area contributed by atoms with Gasteiger partial charge in [0.1, 0.15) is 11.9 Å². The standard InChI is InChI=1S/C23H23ClF2N4O3/c1-12(2)19(29-22(32)33)21(31)30-11-23(25,26)10-18(30)20-27-16-8-5-14(9-17(16)28-20)13-3-6-15(24)7-4-13/h3-9,12,18-19,29H,10-11H2,1-2H3,(H,27,28)(H,32,33)/t18-,19-/m0/s1. The van der Waals surface area contributed by atoms with Gasteiger partial charge in [0, 0.05) is 11.4 Å². The summed E-state index contributed by atoms with van der Waals surface area (Å²) < 4.78 is 28.8. The third-order valence-corrected chi connectivity index (χ3v) is 6.01. The summed E-state index contributed by atoms with van der Waals surface area (Å²) >= 11 is 5.95. The van der Waals surface area contributed by atoms with Crippen LogP contribution in [0.5, 0.6) is 0 Å². The fourth-order valence-electron chi connectivity index (χ4n) is 4.12. The van der Waals surface area contributed by atoms with Gasteiger partial charge in [0.25, 0.3) is 5.92 Å². The normalized spacial score (nSPS) is 18.6. The minimum Gasteiger partial charge on any atom is -0.465 e. The summed E-state index contributed by atoms with van der Waals surface area (Å²) in [5.41, 5.74) is 3.03. The molecule has 10 heteroatoms. The monoisotopic (exact) mass is 476 g/mol. The number of carbonyl (C=O) groups excluding carboxylic acids is 1. The molecule has 174 valence electrons. The first-order chi connectivity index (χ1) is 15.5. The number of likely N-dealkylation sites (tertiary alicyclic amines) is 1. The van der Waals surface area contributed by atoms with Crippen LogP contribution in [0.4, 0.5) is 13.6 Å². The Hall–Kier alpha value is -3.20. The summed E-state index contributed by atoms with van der Waals surface area (Å²) in [5.74, 6) is -3.99. The third-order valence-electron chi connectivity index (χ3n) is 5.76. The van der Waals surface area contributed by atoms with Crippen molar-refractivity contribution in [2.75, 3.05) is 6.54 Å². The molecule has 2 aromatic carbocycles. The maximum atomic E-state index is 14.4. The number of fused-ring (bicyclic) bond motifs is 1. The van der Waals surface area contributed by atoms with Crippen LogP contribution < -0.4 is 5.32 Å². The average molecular weight is 477 g/mol. The highest BCUT2D eigenvalue weighted by Crippen LogP contribution is 2.41. The van der Waals surface area contributed by atoms with Crippen molar-refractivity contribution in [1.29, 1.82) is 0 Å². The molecular formula is C23H23ClF2N4O3. The molecule has 7 nitrogen and oxygen atoms in total. The molecule has 2 heterocycles. The van der Waals surface area contributed by atoms with Gasteiger partial charge in [-0.25, -0.2) is 18.6 Å². The first-order valence-electron chi connectivity index (χ1n) is 10.5. The van der Waals surface area contributed by atoms with Crippen LogP contribution >= 0.6 is 11.6 Å². The molecule has 1 fully saturated rings. The number of rotatable bonds is 5. The summed E-state index contributed by atoms with van der Waals surface area (Å²) in [6.07, 6.45) is -1.98. The number of halogens is 3. The molecule has 3 aromatic rings. The molecule has 1 aromatic heterocycles. The number of aromatic nitrogens is 2. The van der Waals surface area contributed by atoms with Crippen LogP contribution in [-0.2, 0) is 4.79 Å². The van der Waals surface area contributed by atoms with Crippen molar-refractivity contribution >= 4 is 34.6 Å². The number of H-pyrrole nitrogens is 1. The molecule has 2 atom stereocenters. The van der Waals surface area contributed by atoms with E-state index in [1.807, 2.05) is 24.3 Å². The van der Waals surface area contributed by atoms with Gasteiger partial charge in [0.15, 0.2) is 0 Å². The van der Waals surface area contributed by atoms with Crippen LogP contribution in [-0.4, -0.2) is 50.5 Å². The van der Waals surface area contributed by atoms with Crippen LogP contribution in [0.3, 0.4) is 0 Å². The molecule has 1 aliphatic rings. The van der Waals surface area contributed by atoms with Gasteiger partial charge in [0.05, 0.1) is 23.6 Å². The van der Waals surface area contributed by atoms with Gasteiger partial charge < -0.3 is 20.3 Å². The molecular weight excluding hydrogens is 454 g/mol. The topological polar surface area (TPSA) is 98.3 Å². The number of imidazole rings is 1. The number of carbonyl (C=O) groups is 2. The van der Waals surface area contributed by atoms with Crippen LogP contribution in [0.2, 0.25) is 5.02 Å². The van der Waals surface area contributed by atoms with Gasteiger partial charge in [-0.05, 0) is 41.3 Å². The van der Waals surface area contributed by atoms with Crippen molar-refractivity contribution in [2.45, 2.75) is 38.3 Å². The van der Waals surface area contributed by atoms with Crippen LogP contribution in [0, 0.1) is 5.92 Å². The van der Waals surface area contributed by atoms with E-state index in [9.17, 15) is 18.4 Å². The van der Waals surface area contributed by atoms with Crippen molar-refractivity contribution < 1.29 is 23.5 Å². The predicted octanol–water partition coefficient (Wildman–Crippen LogP) is 5.08. The zero-order chi connectivity index (χ0) is 23.9. The highest BCUT2D eigenvalue weighted by molar-refractivity contribution is 6.30. The third kappa shape index (κ3) is 4.78. The molecule has 33 heavy (non-hydrogen) atoms. The van der Waals surface area contributed by atoms with E-state index in [1.54, 1.807) is 32.0 Å². The van der Waals surface area contributed by atoms with Crippen molar-refractivity contribution in [3.63, 3.8) is 0 Å². The number of nitrogens with zero attached hydrogens (tertiary/aromatic N) is 2. The van der Waals surface area contributed by atoms with Gasteiger partial charge in [-0.1, -0.05) is 43.6 Å². The van der Waals surface area contributed by atoms with Gasteiger partial charge in [-0.15, -0.1) is 0 Å². The summed E-state index contributed by atoms with van der Waals surface area (Å²) in [5, 5.41) is 11.9. The SMILES string of the molecule is CC(C)[C@H](NC(=O)O)C(=O)N1CC(F)(F)C[C@H]1c1nc2cc(-c3ccc(Cl)cc3)ccc2[nH]1. The number of amides is 2. The number of hydrogen-bond acceptors (Lipinski definition) is 3. The molecule has 0 saturated carbocycles. The first kappa shape index (κ1) is 23.0. The van der Waals surface area contributed by atoms with Crippen molar-refractivity contribution in [1.82, 2.24) is 20.2 Å². The maximum Gasteiger partial charge on any atom is 0.405 e. The molecule has 0 aliphatic carbocycles. The highest BCUT2D eigenvalue weighted by Gasteiger charge is 2.50. The number of aromatic amines is 1. The Kier molecular flexibility index (Phi) is 6.00. The maximum absolute atomic E-state index is 14.4. The zero-order valence-electron chi connectivity index (χ0n) is 18.0. The number of benzene rings is 2. The van der Waals surface area contributed by atoms with E-state index in [0.717, 1.165) is 16.0 Å². The minimum absolute atomic E-state index is 0.238. The van der Waals surface area contributed by atoms with Crippen LogP contribution in [0.1, 0.15) is 32.1 Å². The molecule has 3 N–H and O–H groups in total. The average Bonchev–Trinajstić information content (AvgIpc) is 3.31. The van der Waals surface area contributed by atoms with E-state index in [0.29, 0.717) is 16.1 Å². The molecule has 1 saturated heterocycles. The number of carboxylic acid groups (broad SMARTS) is 1. The molecule has 0 bridgehead atoms. The fraction of sp³-hybridized carbons (Fsp3) is 0.348. The van der Waals surface area contributed by atoms with Crippen LogP contribution in [0.25, 0.3) is 22.2 Å². The second-order valence-electron chi connectivity index (χ2n) is 8.57. The lowest BCUT2D eigenvalue weighted by atomic mass is 10.0. The predicted molar refractivity (Wildman–Crippen MR) is 120 cm³/mol. The van der Waals surface area contributed by atoms with E-state index in [4.69, 9.17) is 16.7 Å². The summed E-state index contributed by atoms with van der Waals surface area (Å²) in [6, 6.07) is 10.7. The summed E-state index contributed by atoms with van der Waals surface area (Å²) in [7, 11) is 0. The Bertz CT molecular complexity index is 1200. The van der Waals surface area contributed by atoms with E-state index < -0.39 is 48.9 Å². The lowest BCUT2D eigenvalue weighted by molar-refractivity contribution is -0.136. The Morgan fingerprint density at radius 2 is 1.88 bits per heavy atom. The second kappa shape index (κ2) is 8.62. The second-order valence-corrected chi connectivity index (χ2v) is 9.01. The smallest absolute Gasteiger partial charge is 0.405 e. The molecule has 4 rings (SSSR count). The quantitative estimate of drug-likeness (QED) is 0.478. The van der Waals surface area contributed by atoms with Crippen molar-refractivity contribution in [3.8, 4) is 11.1 Å². The van der Waals surface area contributed by atoms with E-state index in [-0.39, 0.29) is 5.82 Å². The Labute approximate surface area is 193 Å². The Morgan fingerprint density at radius 3 is 2.52 bits per heavy atom. The highest BCUT2D eigenvalue weighted by atomic mass is 35.5. The van der Waals surface area contributed by atoms with Gasteiger partial charge in [-0.3, -0.25) is 4.79 Å². The first-order valence-corrected chi connectivity index (χ1v) is 10.9.